The van der Waals surface area contributed by atoms with Crippen molar-refractivity contribution in [2.75, 3.05) is 0 Å². The maximum Gasteiger partial charge on any atom is 0.122 e. The second-order valence-electron chi connectivity index (χ2n) is 2.99. The van der Waals surface area contributed by atoms with Crippen molar-refractivity contribution in [3.63, 3.8) is 0 Å². The van der Waals surface area contributed by atoms with Gasteiger partial charge in [0.15, 0.2) is 0 Å². The third kappa shape index (κ3) is 2.16. The number of pyridine rings is 2. The van der Waals surface area contributed by atoms with Gasteiger partial charge in [0.05, 0.1) is 17.1 Å². The normalized spacial score (nSPS) is 9.87. The van der Waals surface area contributed by atoms with Crippen LogP contribution in [0.3, 0.4) is 0 Å². The molecular weight excluding hydrogens is 206 g/mol. The monoisotopic (exact) mass is 215 g/mol. The van der Waals surface area contributed by atoms with Gasteiger partial charge in [0.1, 0.15) is 4.99 Å². The van der Waals surface area contributed by atoms with Crippen LogP contribution in [-0.2, 0) is 0 Å². The number of nitrogens with two attached hydrogens (primary N) is 1. The largest absolute Gasteiger partial charge is 0.388 e. The van der Waals surface area contributed by atoms with Crippen LogP contribution < -0.4 is 5.73 Å². The van der Waals surface area contributed by atoms with Crippen molar-refractivity contribution < 1.29 is 0 Å². The fourth-order valence-corrected chi connectivity index (χ4v) is 1.34. The Morgan fingerprint density at radius 1 is 1.07 bits per heavy atom. The van der Waals surface area contributed by atoms with Gasteiger partial charge < -0.3 is 5.73 Å². The Morgan fingerprint density at radius 2 is 1.87 bits per heavy atom. The molecule has 0 spiro atoms. The predicted molar refractivity (Wildman–Crippen MR) is 63.4 cm³/mol. The Morgan fingerprint density at radius 3 is 2.53 bits per heavy atom. The van der Waals surface area contributed by atoms with Gasteiger partial charge in [-0.05, 0) is 24.3 Å². The molecule has 0 radical (unpaired) electrons. The van der Waals surface area contributed by atoms with Crippen LogP contribution in [0.5, 0.6) is 0 Å². The minimum atomic E-state index is 0.299. The van der Waals surface area contributed by atoms with Crippen LogP contribution >= 0.6 is 12.2 Å². The van der Waals surface area contributed by atoms with E-state index in [9.17, 15) is 0 Å². The van der Waals surface area contributed by atoms with Crippen molar-refractivity contribution in [2.24, 2.45) is 5.73 Å². The number of nitrogens with zero attached hydrogens (tertiary/aromatic N) is 2. The van der Waals surface area contributed by atoms with E-state index >= 15 is 0 Å². The van der Waals surface area contributed by atoms with Gasteiger partial charge in [-0.25, -0.2) is 4.98 Å². The molecule has 0 aliphatic carbocycles. The zero-order valence-corrected chi connectivity index (χ0v) is 8.74. The van der Waals surface area contributed by atoms with Gasteiger partial charge in [0.25, 0.3) is 0 Å². The summed E-state index contributed by atoms with van der Waals surface area (Å²) in [7, 11) is 0. The molecule has 0 atom stereocenters. The molecule has 2 aromatic heterocycles. The number of hydrogen-bond acceptors (Lipinski definition) is 3. The van der Waals surface area contributed by atoms with E-state index in [1.165, 1.54) is 0 Å². The van der Waals surface area contributed by atoms with E-state index in [1.54, 1.807) is 12.3 Å². The third-order valence-electron chi connectivity index (χ3n) is 1.93. The van der Waals surface area contributed by atoms with Crippen molar-refractivity contribution in [3.05, 3.63) is 48.3 Å². The predicted octanol–water partition coefficient (Wildman–Crippen LogP) is 1.78. The summed E-state index contributed by atoms with van der Waals surface area (Å²) in [5.74, 6) is 0. The van der Waals surface area contributed by atoms with Crippen molar-refractivity contribution in [1.82, 2.24) is 9.97 Å². The van der Waals surface area contributed by atoms with Gasteiger partial charge in [-0.1, -0.05) is 24.4 Å². The molecule has 4 heteroatoms. The Hall–Kier alpha value is -1.81. The van der Waals surface area contributed by atoms with Crippen molar-refractivity contribution in [2.45, 2.75) is 0 Å². The molecule has 0 aliphatic heterocycles. The van der Waals surface area contributed by atoms with Gasteiger partial charge in [-0.15, -0.1) is 0 Å². The van der Waals surface area contributed by atoms with Gasteiger partial charge in [-0.2, -0.15) is 0 Å². The number of thiocarbonyl (C=S) groups is 1. The Labute approximate surface area is 93.0 Å². The van der Waals surface area contributed by atoms with Crippen LogP contribution in [-0.4, -0.2) is 15.0 Å². The molecule has 0 fully saturated rings. The van der Waals surface area contributed by atoms with E-state index in [1.807, 2.05) is 30.3 Å². The second kappa shape index (κ2) is 4.14. The number of hydrogen-bond donors (Lipinski definition) is 1. The molecule has 2 aromatic rings. The molecule has 15 heavy (non-hydrogen) atoms. The second-order valence-corrected chi connectivity index (χ2v) is 3.43. The third-order valence-corrected chi connectivity index (χ3v) is 2.14. The molecule has 0 saturated carbocycles. The van der Waals surface area contributed by atoms with Crippen LogP contribution in [0.1, 0.15) is 5.69 Å². The van der Waals surface area contributed by atoms with Gasteiger partial charge >= 0.3 is 0 Å². The average molecular weight is 215 g/mol. The maximum atomic E-state index is 5.51. The molecule has 2 heterocycles. The number of rotatable bonds is 2. The highest BCUT2D eigenvalue weighted by Crippen LogP contribution is 2.13. The van der Waals surface area contributed by atoms with E-state index in [0.717, 1.165) is 11.4 Å². The van der Waals surface area contributed by atoms with E-state index in [-0.39, 0.29) is 0 Å². The van der Waals surface area contributed by atoms with E-state index in [4.69, 9.17) is 18.0 Å². The molecule has 2 N–H and O–H groups in total. The summed E-state index contributed by atoms with van der Waals surface area (Å²) in [6, 6.07) is 11.2. The fourth-order valence-electron chi connectivity index (χ4n) is 1.23. The summed E-state index contributed by atoms with van der Waals surface area (Å²) in [5, 5.41) is 0. The zero-order chi connectivity index (χ0) is 10.7. The van der Waals surface area contributed by atoms with Crippen LogP contribution in [0.25, 0.3) is 11.4 Å². The SMILES string of the molecule is NC(=S)c1cccc(-c2ccccn2)n1. The average Bonchev–Trinajstić information content (AvgIpc) is 2.30. The summed E-state index contributed by atoms with van der Waals surface area (Å²) in [5.41, 5.74) is 7.72. The van der Waals surface area contributed by atoms with Gasteiger partial charge in [0.2, 0.25) is 0 Å². The minimum Gasteiger partial charge on any atom is -0.388 e. The first-order chi connectivity index (χ1) is 7.27. The first kappa shape index (κ1) is 9.73. The lowest BCUT2D eigenvalue weighted by molar-refractivity contribution is 1.23. The first-order valence-electron chi connectivity index (χ1n) is 4.45. The van der Waals surface area contributed by atoms with Crippen LogP contribution in [0.4, 0.5) is 0 Å². The van der Waals surface area contributed by atoms with E-state index < -0.39 is 0 Å². The van der Waals surface area contributed by atoms with Crippen molar-refractivity contribution in [1.29, 1.82) is 0 Å². The molecule has 0 aromatic carbocycles. The quantitative estimate of drug-likeness (QED) is 0.776. The number of aromatic nitrogens is 2. The highest BCUT2D eigenvalue weighted by atomic mass is 32.1. The summed E-state index contributed by atoms with van der Waals surface area (Å²) in [6.45, 7) is 0. The lowest BCUT2D eigenvalue weighted by Gasteiger charge is -2.01. The highest BCUT2D eigenvalue weighted by Gasteiger charge is 2.02. The summed E-state index contributed by atoms with van der Waals surface area (Å²) in [6.07, 6.45) is 1.73. The Balaban J connectivity index is 2.46. The van der Waals surface area contributed by atoms with Crippen LogP contribution in [0.15, 0.2) is 42.6 Å². The zero-order valence-electron chi connectivity index (χ0n) is 7.92. The Bertz CT molecular complexity index is 482. The first-order valence-corrected chi connectivity index (χ1v) is 4.86. The molecule has 0 saturated heterocycles. The highest BCUT2D eigenvalue weighted by molar-refractivity contribution is 7.80. The molecule has 0 unspecified atom stereocenters. The van der Waals surface area contributed by atoms with E-state index in [0.29, 0.717) is 10.7 Å². The molecule has 2 rings (SSSR count). The topological polar surface area (TPSA) is 51.8 Å². The standard InChI is InChI=1S/C11H9N3S/c12-11(15)10-6-3-5-9(14-10)8-4-1-2-7-13-8/h1-7H,(H2,12,15). The summed E-state index contributed by atoms with van der Waals surface area (Å²) >= 11 is 4.87. The lowest BCUT2D eigenvalue weighted by atomic mass is 10.2. The van der Waals surface area contributed by atoms with Crippen LogP contribution in [0.2, 0.25) is 0 Å². The molecule has 0 aliphatic rings. The maximum absolute atomic E-state index is 5.51. The van der Waals surface area contributed by atoms with Gasteiger partial charge in [-0.3, -0.25) is 4.98 Å². The van der Waals surface area contributed by atoms with Crippen molar-refractivity contribution in [3.8, 4) is 11.4 Å². The molecular formula is C11H9N3S. The van der Waals surface area contributed by atoms with Crippen LogP contribution in [0, 0.1) is 0 Å². The van der Waals surface area contributed by atoms with Crippen molar-refractivity contribution >= 4 is 17.2 Å². The minimum absolute atomic E-state index is 0.299. The van der Waals surface area contributed by atoms with E-state index in [2.05, 4.69) is 9.97 Å². The molecule has 3 nitrogen and oxygen atoms in total. The summed E-state index contributed by atoms with van der Waals surface area (Å²) in [4.78, 5) is 8.82. The Kier molecular flexibility index (Phi) is 2.69. The molecule has 74 valence electrons. The molecule has 0 bridgehead atoms. The lowest BCUT2D eigenvalue weighted by Crippen LogP contribution is -2.11. The summed E-state index contributed by atoms with van der Waals surface area (Å²) < 4.78 is 0. The smallest absolute Gasteiger partial charge is 0.122 e. The van der Waals surface area contributed by atoms with Gasteiger partial charge in [0, 0.05) is 6.20 Å². The molecule has 0 amide bonds. The fraction of sp³-hybridized carbons (Fsp3) is 0.